The number of hydrogen-bond acceptors (Lipinski definition) is 5. The van der Waals surface area contributed by atoms with Crippen LogP contribution >= 0.6 is 12.2 Å². The summed E-state index contributed by atoms with van der Waals surface area (Å²) >= 11 is 5.57. The van der Waals surface area contributed by atoms with Crippen molar-refractivity contribution >= 4 is 39.6 Å². The SMILES string of the molecule is NC1NC(N2CCc3ccccc3C2)NC(=O)C1C(=S)Nc1ccc2ccccc2c1. The number of fused-ring (bicyclic) bond motifs is 2. The molecular weight excluding hydrogens is 406 g/mol. The fourth-order valence-corrected chi connectivity index (χ4v) is 4.78. The summed E-state index contributed by atoms with van der Waals surface area (Å²) in [4.78, 5) is 15.6. The molecule has 0 saturated carbocycles. The van der Waals surface area contributed by atoms with Crippen LogP contribution in [0.25, 0.3) is 10.8 Å². The molecule has 0 bridgehead atoms. The molecule has 1 fully saturated rings. The summed E-state index contributed by atoms with van der Waals surface area (Å²) in [6.07, 6.45) is 0.0668. The van der Waals surface area contributed by atoms with Crippen molar-refractivity contribution in [3.05, 3.63) is 77.9 Å². The van der Waals surface area contributed by atoms with Crippen LogP contribution < -0.4 is 21.7 Å². The van der Waals surface area contributed by atoms with Gasteiger partial charge >= 0.3 is 0 Å². The fourth-order valence-electron chi connectivity index (χ4n) is 4.41. The third-order valence-electron chi connectivity index (χ3n) is 6.10. The topological polar surface area (TPSA) is 82.4 Å². The van der Waals surface area contributed by atoms with Gasteiger partial charge in [-0.05, 0) is 40.5 Å². The van der Waals surface area contributed by atoms with Gasteiger partial charge in [0.2, 0.25) is 5.91 Å². The summed E-state index contributed by atoms with van der Waals surface area (Å²) in [5, 5.41) is 11.9. The molecule has 3 aromatic carbocycles. The standard InChI is InChI=1S/C24H25N5OS/c25-21-20(23(31)26-19-10-9-15-5-1-3-7-17(15)13-19)22(30)28-24(27-21)29-12-11-16-6-2-4-8-18(16)14-29/h1-10,13,20-21,24,27H,11-12,14,25H2,(H,26,31)(H,28,30). The molecule has 1 amide bonds. The zero-order chi connectivity index (χ0) is 21.4. The first-order valence-electron chi connectivity index (χ1n) is 10.5. The van der Waals surface area contributed by atoms with Crippen LogP contribution in [0.2, 0.25) is 0 Å². The Hall–Kier alpha value is -2.84. The Bertz CT molecular complexity index is 1150. The second kappa shape index (κ2) is 8.36. The Morgan fingerprint density at radius 2 is 1.77 bits per heavy atom. The van der Waals surface area contributed by atoms with Crippen LogP contribution in [0.3, 0.4) is 0 Å². The number of rotatable bonds is 3. The van der Waals surface area contributed by atoms with E-state index in [9.17, 15) is 4.79 Å². The molecule has 3 aromatic rings. The molecule has 6 nitrogen and oxygen atoms in total. The maximum absolute atomic E-state index is 13.0. The van der Waals surface area contributed by atoms with Gasteiger partial charge in [0, 0.05) is 18.8 Å². The molecule has 3 unspecified atom stereocenters. The van der Waals surface area contributed by atoms with Gasteiger partial charge in [0.15, 0.2) is 0 Å². The Morgan fingerprint density at radius 3 is 2.58 bits per heavy atom. The number of nitrogens with zero attached hydrogens (tertiary/aromatic N) is 1. The number of carbonyl (C=O) groups is 1. The van der Waals surface area contributed by atoms with Gasteiger partial charge in [-0.3, -0.25) is 15.0 Å². The molecule has 5 rings (SSSR count). The van der Waals surface area contributed by atoms with E-state index in [0.29, 0.717) is 4.99 Å². The van der Waals surface area contributed by atoms with E-state index in [-0.39, 0.29) is 12.2 Å². The molecule has 0 aliphatic carbocycles. The van der Waals surface area contributed by atoms with Gasteiger partial charge in [-0.15, -0.1) is 0 Å². The van der Waals surface area contributed by atoms with Crippen molar-refractivity contribution in [2.45, 2.75) is 25.4 Å². The van der Waals surface area contributed by atoms with E-state index in [4.69, 9.17) is 18.0 Å². The summed E-state index contributed by atoms with van der Waals surface area (Å²) in [5.74, 6) is -0.803. The highest BCUT2D eigenvalue weighted by atomic mass is 32.1. The van der Waals surface area contributed by atoms with Crippen molar-refractivity contribution in [1.82, 2.24) is 15.5 Å². The molecule has 7 heteroatoms. The highest BCUT2D eigenvalue weighted by Gasteiger charge is 2.39. The number of carbonyl (C=O) groups excluding carboxylic acids is 1. The number of benzene rings is 3. The highest BCUT2D eigenvalue weighted by Crippen LogP contribution is 2.23. The third kappa shape index (κ3) is 4.05. The van der Waals surface area contributed by atoms with Gasteiger partial charge in [-0.25, -0.2) is 0 Å². The molecule has 0 radical (unpaired) electrons. The van der Waals surface area contributed by atoms with Crippen molar-refractivity contribution in [3.8, 4) is 0 Å². The molecule has 3 atom stereocenters. The predicted molar refractivity (Wildman–Crippen MR) is 127 cm³/mol. The van der Waals surface area contributed by atoms with Crippen LogP contribution in [0.15, 0.2) is 66.7 Å². The molecule has 31 heavy (non-hydrogen) atoms. The maximum Gasteiger partial charge on any atom is 0.235 e. The van der Waals surface area contributed by atoms with Crippen LogP contribution in [-0.4, -0.2) is 34.8 Å². The average molecular weight is 432 g/mol. The summed E-state index contributed by atoms with van der Waals surface area (Å²) in [6, 6.07) is 22.5. The van der Waals surface area contributed by atoms with Crippen LogP contribution in [0, 0.1) is 5.92 Å². The molecule has 2 aliphatic heterocycles. The van der Waals surface area contributed by atoms with Crippen molar-refractivity contribution < 1.29 is 4.79 Å². The first kappa shape index (κ1) is 20.1. The Balaban J connectivity index is 1.26. The molecule has 2 aliphatic rings. The number of anilines is 1. The van der Waals surface area contributed by atoms with Crippen LogP contribution in [0.1, 0.15) is 11.1 Å². The molecule has 1 saturated heterocycles. The van der Waals surface area contributed by atoms with E-state index in [1.54, 1.807) is 0 Å². The first-order chi connectivity index (χ1) is 15.1. The van der Waals surface area contributed by atoms with Gasteiger partial charge in [0.25, 0.3) is 0 Å². The average Bonchev–Trinajstić information content (AvgIpc) is 2.78. The van der Waals surface area contributed by atoms with Crippen molar-refractivity contribution in [3.63, 3.8) is 0 Å². The second-order valence-electron chi connectivity index (χ2n) is 8.12. The van der Waals surface area contributed by atoms with Crippen LogP contribution in [0.4, 0.5) is 5.69 Å². The summed E-state index contributed by atoms with van der Waals surface area (Å²) in [7, 11) is 0. The molecule has 0 spiro atoms. The van der Waals surface area contributed by atoms with E-state index in [1.165, 1.54) is 11.1 Å². The van der Waals surface area contributed by atoms with Gasteiger partial charge in [-0.2, -0.15) is 0 Å². The van der Waals surface area contributed by atoms with Crippen LogP contribution in [0.5, 0.6) is 0 Å². The summed E-state index contributed by atoms with van der Waals surface area (Å²) in [5.41, 5.74) is 9.88. The van der Waals surface area contributed by atoms with E-state index >= 15 is 0 Å². The Morgan fingerprint density at radius 1 is 1.03 bits per heavy atom. The fraction of sp³-hybridized carbons (Fsp3) is 0.250. The van der Waals surface area contributed by atoms with Gasteiger partial charge in [0.05, 0.1) is 11.2 Å². The summed E-state index contributed by atoms with van der Waals surface area (Å²) in [6.45, 7) is 1.62. The number of hydrogen-bond donors (Lipinski definition) is 4. The number of nitrogens with one attached hydrogen (secondary N) is 3. The normalized spacial score (nSPS) is 23.8. The van der Waals surface area contributed by atoms with Gasteiger partial charge in [0.1, 0.15) is 12.2 Å². The minimum atomic E-state index is -0.644. The quantitative estimate of drug-likeness (QED) is 0.477. The van der Waals surface area contributed by atoms with Crippen molar-refractivity contribution in [2.24, 2.45) is 11.7 Å². The Labute approximate surface area is 186 Å². The number of thiocarbonyl (C=S) groups is 1. The lowest BCUT2D eigenvalue weighted by Crippen LogP contribution is -2.71. The first-order valence-corrected chi connectivity index (χ1v) is 10.9. The van der Waals surface area contributed by atoms with Gasteiger partial charge < -0.3 is 16.4 Å². The molecule has 158 valence electrons. The van der Waals surface area contributed by atoms with E-state index < -0.39 is 12.1 Å². The lowest BCUT2D eigenvalue weighted by Gasteiger charge is -2.42. The van der Waals surface area contributed by atoms with Gasteiger partial charge in [-0.1, -0.05) is 66.8 Å². The smallest absolute Gasteiger partial charge is 0.235 e. The molecule has 0 aromatic heterocycles. The minimum absolute atomic E-state index is 0.159. The van der Waals surface area contributed by atoms with Crippen LogP contribution in [-0.2, 0) is 17.8 Å². The maximum atomic E-state index is 13.0. The molecule has 5 N–H and O–H groups in total. The monoisotopic (exact) mass is 431 g/mol. The lowest BCUT2D eigenvalue weighted by atomic mass is 9.99. The van der Waals surface area contributed by atoms with Crippen molar-refractivity contribution in [1.29, 1.82) is 0 Å². The third-order valence-corrected chi connectivity index (χ3v) is 6.45. The Kier molecular flexibility index (Phi) is 5.41. The van der Waals surface area contributed by atoms with E-state index in [2.05, 4.69) is 45.1 Å². The minimum Gasteiger partial charge on any atom is -0.349 e. The zero-order valence-corrected chi connectivity index (χ0v) is 17.9. The zero-order valence-electron chi connectivity index (χ0n) is 17.0. The van der Waals surface area contributed by atoms with E-state index in [0.717, 1.165) is 36.0 Å². The second-order valence-corrected chi connectivity index (χ2v) is 8.56. The molecular formula is C24H25N5OS. The number of amides is 1. The number of nitrogens with two attached hydrogens (primary N) is 1. The summed E-state index contributed by atoms with van der Waals surface area (Å²) < 4.78 is 0. The van der Waals surface area contributed by atoms with Crippen molar-refractivity contribution in [2.75, 3.05) is 11.9 Å². The molecule has 2 heterocycles. The highest BCUT2D eigenvalue weighted by molar-refractivity contribution is 7.80. The lowest BCUT2D eigenvalue weighted by molar-refractivity contribution is -0.129. The largest absolute Gasteiger partial charge is 0.349 e. The van der Waals surface area contributed by atoms with E-state index in [1.807, 2.05) is 42.5 Å². The predicted octanol–water partition coefficient (Wildman–Crippen LogP) is 2.54.